The zero-order chi connectivity index (χ0) is 17.1. The smallest absolute Gasteiger partial charge is 0.318 e. The first-order valence-electron chi connectivity index (χ1n) is 7.89. The van der Waals surface area contributed by atoms with Gasteiger partial charge in [0.25, 0.3) is 5.69 Å². The molecule has 1 atom stereocenters. The Kier molecular flexibility index (Phi) is 4.50. The second-order valence-electron chi connectivity index (χ2n) is 5.92. The van der Waals surface area contributed by atoms with Gasteiger partial charge in [0.2, 0.25) is 0 Å². The van der Waals surface area contributed by atoms with E-state index in [9.17, 15) is 14.9 Å². The highest BCUT2D eigenvalue weighted by atomic mass is 16.6. The van der Waals surface area contributed by atoms with Crippen LogP contribution in [0.1, 0.15) is 37.1 Å². The second kappa shape index (κ2) is 6.74. The van der Waals surface area contributed by atoms with Gasteiger partial charge in [-0.1, -0.05) is 12.1 Å². The summed E-state index contributed by atoms with van der Waals surface area (Å²) < 4.78 is 5.41. The predicted molar refractivity (Wildman–Crippen MR) is 87.3 cm³/mol. The fraction of sp³-hybridized carbons (Fsp3) is 0.353. The summed E-state index contributed by atoms with van der Waals surface area (Å²) >= 11 is 0. The normalized spacial score (nSPS) is 14.9. The largest absolute Gasteiger partial charge is 0.467 e. The molecule has 0 spiro atoms. The first kappa shape index (κ1) is 16.0. The number of rotatable bonds is 6. The zero-order valence-electron chi connectivity index (χ0n) is 13.3. The fourth-order valence-corrected chi connectivity index (χ4v) is 2.73. The van der Waals surface area contributed by atoms with E-state index in [1.165, 1.54) is 12.1 Å². The molecular weight excluding hydrogens is 310 g/mol. The van der Waals surface area contributed by atoms with Crippen LogP contribution in [0.5, 0.6) is 0 Å². The summed E-state index contributed by atoms with van der Waals surface area (Å²) in [5.74, 6) is 0.743. The number of amides is 2. The lowest BCUT2D eigenvalue weighted by Gasteiger charge is -2.28. The van der Waals surface area contributed by atoms with Crippen molar-refractivity contribution in [3.63, 3.8) is 0 Å². The topological polar surface area (TPSA) is 88.6 Å². The average Bonchev–Trinajstić information content (AvgIpc) is 3.25. The molecule has 0 bridgehead atoms. The molecule has 1 fully saturated rings. The van der Waals surface area contributed by atoms with E-state index in [0.29, 0.717) is 5.56 Å². The van der Waals surface area contributed by atoms with Crippen LogP contribution in [-0.2, 0) is 6.54 Å². The van der Waals surface area contributed by atoms with Gasteiger partial charge in [-0.3, -0.25) is 10.1 Å². The van der Waals surface area contributed by atoms with E-state index in [-0.39, 0.29) is 30.3 Å². The SMILES string of the molecule is C[C@H](c1ccco1)N(C(=O)NCc1cccc([N+](=O)[O-])c1)C1CC1. The van der Waals surface area contributed by atoms with Crippen LogP contribution in [0, 0.1) is 10.1 Å². The van der Waals surface area contributed by atoms with Gasteiger partial charge in [-0.15, -0.1) is 0 Å². The van der Waals surface area contributed by atoms with Crippen LogP contribution < -0.4 is 5.32 Å². The van der Waals surface area contributed by atoms with E-state index in [2.05, 4.69) is 5.32 Å². The molecule has 126 valence electrons. The number of nitro groups is 1. The number of furan rings is 1. The van der Waals surface area contributed by atoms with Crippen molar-refractivity contribution in [2.45, 2.75) is 38.4 Å². The Morgan fingerprint density at radius 1 is 1.42 bits per heavy atom. The molecule has 3 rings (SSSR count). The maximum Gasteiger partial charge on any atom is 0.318 e. The minimum Gasteiger partial charge on any atom is -0.467 e. The molecule has 2 aromatic rings. The molecule has 2 amide bonds. The van der Waals surface area contributed by atoms with Crippen LogP contribution in [0.4, 0.5) is 10.5 Å². The van der Waals surface area contributed by atoms with Gasteiger partial charge in [0.15, 0.2) is 0 Å². The highest BCUT2D eigenvalue weighted by Crippen LogP contribution is 2.34. The molecule has 1 aromatic carbocycles. The van der Waals surface area contributed by atoms with Crippen molar-refractivity contribution in [1.82, 2.24) is 10.2 Å². The molecule has 0 radical (unpaired) electrons. The number of hydrogen-bond acceptors (Lipinski definition) is 4. The maximum absolute atomic E-state index is 12.6. The van der Waals surface area contributed by atoms with Gasteiger partial charge >= 0.3 is 6.03 Å². The Morgan fingerprint density at radius 3 is 2.83 bits per heavy atom. The Labute approximate surface area is 139 Å². The van der Waals surface area contributed by atoms with Crippen LogP contribution in [0.3, 0.4) is 0 Å². The third kappa shape index (κ3) is 3.56. The van der Waals surface area contributed by atoms with Crippen LogP contribution >= 0.6 is 0 Å². The van der Waals surface area contributed by atoms with E-state index in [1.54, 1.807) is 29.4 Å². The van der Waals surface area contributed by atoms with E-state index < -0.39 is 4.92 Å². The molecule has 7 nitrogen and oxygen atoms in total. The maximum atomic E-state index is 12.6. The molecule has 24 heavy (non-hydrogen) atoms. The van der Waals surface area contributed by atoms with Crippen molar-refractivity contribution in [1.29, 1.82) is 0 Å². The van der Waals surface area contributed by atoms with Crippen LogP contribution in [-0.4, -0.2) is 21.9 Å². The van der Waals surface area contributed by atoms with Crippen LogP contribution in [0.25, 0.3) is 0 Å². The molecule has 1 heterocycles. The zero-order valence-corrected chi connectivity index (χ0v) is 13.3. The average molecular weight is 329 g/mol. The minimum absolute atomic E-state index is 0.0183. The number of carbonyl (C=O) groups is 1. The van der Waals surface area contributed by atoms with Crippen molar-refractivity contribution in [2.24, 2.45) is 0 Å². The molecule has 0 saturated heterocycles. The van der Waals surface area contributed by atoms with Gasteiger partial charge in [-0.05, 0) is 37.5 Å². The first-order chi connectivity index (χ1) is 11.6. The summed E-state index contributed by atoms with van der Waals surface area (Å²) in [6.07, 6.45) is 3.56. The molecule has 1 aromatic heterocycles. The second-order valence-corrected chi connectivity index (χ2v) is 5.92. The number of benzene rings is 1. The number of non-ortho nitro benzene ring substituents is 1. The van der Waals surface area contributed by atoms with E-state index in [4.69, 9.17) is 4.42 Å². The standard InChI is InChI=1S/C17H19N3O4/c1-12(16-6-3-9-24-16)19(14-7-8-14)17(21)18-11-13-4-2-5-15(10-13)20(22)23/h2-6,9-10,12,14H,7-8,11H2,1H3,(H,18,21)/t12-/m1/s1. The third-order valence-corrected chi connectivity index (χ3v) is 4.11. The van der Waals surface area contributed by atoms with Crippen molar-refractivity contribution < 1.29 is 14.1 Å². The van der Waals surface area contributed by atoms with Gasteiger partial charge in [-0.2, -0.15) is 0 Å². The van der Waals surface area contributed by atoms with E-state index >= 15 is 0 Å². The van der Waals surface area contributed by atoms with Crippen LogP contribution in [0.15, 0.2) is 47.1 Å². The monoisotopic (exact) mass is 329 g/mol. The van der Waals surface area contributed by atoms with Gasteiger partial charge in [0.05, 0.1) is 17.2 Å². The molecular formula is C17H19N3O4. The summed E-state index contributed by atoms with van der Waals surface area (Å²) in [6, 6.07) is 9.80. The third-order valence-electron chi connectivity index (χ3n) is 4.11. The predicted octanol–water partition coefficient (Wildman–Crippen LogP) is 3.62. The number of carbonyl (C=O) groups excluding carboxylic acids is 1. The summed E-state index contributed by atoms with van der Waals surface area (Å²) in [5.41, 5.74) is 0.712. The highest BCUT2D eigenvalue weighted by Gasteiger charge is 2.37. The van der Waals surface area contributed by atoms with Gasteiger partial charge in [-0.25, -0.2) is 4.79 Å². The Balaban J connectivity index is 1.66. The van der Waals surface area contributed by atoms with Crippen molar-refractivity contribution in [3.05, 3.63) is 64.1 Å². The summed E-state index contributed by atoms with van der Waals surface area (Å²) in [4.78, 5) is 24.8. The molecule has 7 heteroatoms. The molecule has 1 N–H and O–H groups in total. The van der Waals surface area contributed by atoms with Gasteiger partial charge < -0.3 is 14.6 Å². The van der Waals surface area contributed by atoms with E-state index in [0.717, 1.165) is 18.6 Å². The molecule has 1 saturated carbocycles. The summed E-state index contributed by atoms with van der Waals surface area (Å²) in [5, 5.41) is 13.7. The lowest BCUT2D eigenvalue weighted by molar-refractivity contribution is -0.384. The fourth-order valence-electron chi connectivity index (χ4n) is 2.73. The van der Waals surface area contributed by atoms with E-state index in [1.807, 2.05) is 13.0 Å². The number of nitrogens with zero attached hydrogens (tertiary/aromatic N) is 2. The molecule has 0 aliphatic heterocycles. The van der Waals surface area contributed by atoms with Gasteiger partial charge in [0, 0.05) is 24.7 Å². The Bertz CT molecular complexity index is 725. The van der Waals surface area contributed by atoms with Crippen molar-refractivity contribution in [3.8, 4) is 0 Å². The minimum atomic E-state index is -0.444. The molecule has 1 aliphatic rings. The lowest BCUT2D eigenvalue weighted by atomic mass is 10.2. The Morgan fingerprint density at radius 2 is 2.21 bits per heavy atom. The highest BCUT2D eigenvalue weighted by molar-refractivity contribution is 5.75. The first-order valence-corrected chi connectivity index (χ1v) is 7.89. The Hall–Kier alpha value is -2.83. The lowest BCUT2D eigenvalue weighted by Crippen LogP contribution is -2.42. The number of hydrogen-bond donors (Lipinski definition) is 1. The molecule has 1 aliphatic carbocycles. The van der Waals surface area contributed by atoms with Crippen molar-refractivity contribution >= 4 is 11.7 Å². The number of nitrogens with one attached hydrogen (secondary N) is 1. The number of nitro benzene ring substituents is 1. The number of urea groups is 1. The quantitative estimate of drug-likeness (QED) is 0.647. The molecule has 0 unspecified atom stereocenters. The summed E-state index contributed by atoms with van der Waals surface area (Å²) in [7, 11) is 0. The van der Waals surface area contributed by atoms with Crippen LogP contribution in [0.2, 0.25) is 0 Å². The van der Waals surface area contributed by atoms with Gasteiger partial charge in [0.1, 0.15) is 5.76 Å². The van der Waals surface area contributed by atoms with Crippen molar-refractivity contribution in [2.75, 3.05) is 0 Å². The summed E-state index contributed by atoms with van der Waals surface area (Å²) in [6.45, 7) is 2.18.